The summed E-state index contributed by atoms with van der Waals surface area (Å²) in [6.07, 6.45) is 0. The van der Waals surface area contributed by atoms with Crippen LogP contribution in [0.5, 0.6) is 0 Å². The van der Waals surface area contributed by atoms with Gasteiger partial charge in [0.15, 0.2) is 0 Å². The van der Waals surface area contributed by atoms with E-state index in [-0.39, 0.29) is 27.6 Å². The predicted octanol–water partition coefficient (Wildman–Crippen LogP) is 2.08. The van der Waals surface area contributed by atoms with Crippen molar-refractivity contribution in [2.45, 2.75) is 11.8 Å². The van der Waals surface area contributed by atoms with Crippen LogP contribution in [0.3, 0.4) is 0 Å². The fourth-order valence-corrected chi connectivity index (χ4v) is 4.25. The number of nitrogens with zero attached hydrogens (tertiary/aromatic N) is 2. The molecule has 1 aliphatic rings. The highest BCUT2D eigenvalue weighted by Crippen LogP contribution is 2.24. The van der Waals surface area contributed by atoms with Crippen LogP contribution < -0.4 is 4.72 Å². The van der Waals surface area contributed by atoms with E-state index < -0.39 is 15.8 Å². The number of carbonyl (C=O) groups is 1. The molecule has 0 aromatic heterocycles. The Labute approximate surface area is 157 Å². The summed E-state index contributed by atoms with van der Waals surface area (Å²) < 4.78 is 41.2. The number of anilines is 1. The van der Waals surface area contributed by atoms with E-state index in [1.165, 1.54) is 19.1 Å². The molecule has 0 atom stereocenters. The second-order valence-corrected chi connectivity index (χ2v) is 7.96. The van der Waals surface area contributed by atoms with Crippen LogP contribution in [-0.2, 0) is 10.0 Å². The summed E-state index contributed by atoms with van der Waals surface area (Å²) in [5.74, 6) is -0.845. The standard InChI is InChI=1S/C18H20FN3O4S/c1-13-12-14(19)6-7-17(13)27(25,26)20-16-5-3-2-4-15(16)18(23)21-8-10-22(24)11-9-21/h2-7,12,20,24H,8-11H2,1H3. The van der Waals surface area contributed by atoms with Crippen LogP contribution in [-0.4, -0.2) is 55.7 Å². The van der Waals surface area contributed by atoms with Crippen molar-refractivity contribution in [3.8, 4) is 0 Å². The molecule has 0 spiro atoms. The summed E-state index contributed by atoms with van der Waals surface area (Å²) in [4.78, 5) is 14.3. The van der Waals surface area contributed by atoms with Crippen molar-refractivity contribution in [1.82, 2.24) is 9.96 Å². The molecule has 1 aliphatic heterocycles. The van der Waals surface area contributed by atoms with Gasteiger partial charge in [-0.1, -0.05) is 12.1 Å². The molecule has 0 saturated carbocycles. The minimum atomic E-state index is -3.99. The molecule has 7 nitrogen and oxygen atoms in total. The summed E-state index contributed by atoms with van der Waals surface area (Å²) in [5, 5.41) is 10.6. The Morgan fingerprint density at radius 3 is 2.44 bits per heavy atom. The minimum absolute atomic E-state index is 0.0555. The first-order valence-electron chi connectivity index (χ1n) is 8.39. The fourth-order valence-electron chi connectivity index (χ4n) is 2.94. The molecule has 27 heavy (non-hydrogen) atoms. The molecule has 144 valence electrons. The van der Waals surface area contributed by atoms with E-state index >= 15 is 0 Å². The maximum absolute atomic E-state index is 13.3. The lowest BCUT2D eigenvalue weighted by atomic mass is 10.1. The van der Waals surface area contributed by atoms with Gasteiger partial charge in [-0.25, -0.2) is 12.8 Å². The van der Waals surface area contributed by atoms with Crippen LogP contribution in [0.2, 0.25) is 0 Å². The average Bonchev–Trinajstić information content (AvgIpc) is 2.61. The van der Waals surface area contributed by atoms with Crippen molar-refractivity contribution >= 4 is 21.6 Å². The van der Waals surface area contributed by atoms with Crippen LogP contribution in [0.25, 0.3) is 0 Å². The largest absolute Gasteiger partial charge is 0.336 e. The third-order valence-electron chi connectivity index (χ3n) is 4.37. The molecule has 2 aromatic carbocycles. The summed E-state index contributed by atoms with van der Waals surface area (Å²) in [6.45, 7) is 2.84. The number of para-hydroxylation sites is 1. The number of rotatable bonds is 4. The Kier molecular flexibility index (Phi) is 5.45. The molecule has 1 heterocycles. The van der Waals surface area contributed by atoms with E-state index in [0.29, 0.717) is 26.2 Å². The van der Waals surface area contributed by atoms with Gasteiger partial charge in [0.05, 0.1) is 16.1 Å². The second kappa shape index (κ2) is 7.63. The number of hydrogen-bond acceptors (Lipinski definition) is 5. The van der Waals surface area contributed by atoms with Crippen LogP contribution >= 0.6 is 0 Å². The first-order valence-corrected chi connectivity index (χ1v) is 9.87. The smallest absolute Gasteiger partial charge is 0.262 e. The topological polar surface area (TPSA) is 90.0 Å². The zero-order valence-corrected chi connectivity index (χ0v) is 15.5. The lowest BCUT2D eigenvalue weighted by Crippen LogP contribution is -2.47. The number of piperazine rings is 1. The third kappa shape index (κ3) is 4.26. The normalized spacial score (nSPS) is 15.6. The minimum Gasteiger partial charge on any atom is -0.336 e. The van der Waals surface area contributed by atoms with Crippen LogP contribution in [0, 0.1) is 12.7 Å². The fraction of sp³-hybridized carbons (Fsp3) is 0.278. The van der Waals surface area contributed by atoms with Gasteiger partial charge in [-0.05, 0) is 42.8 Å². The van der Waals surface area contributed by atoms with E-state index in [1.807, 2.05) is 0 Å². The highest BCUT2D eigenvalue weighted by Gasteiger charge is 2.25. The molecule has 0 radical (unpaired) electrons. The first kappa shape index (κ1) is 19.3. The van der Waals surface area contributed by atoms with Crippen molar-refractivity contribution in [1.29, 1.82) is 0 Å². The lowest BCUT2D eigenvalue weighted by molar-refractivity contribution is -0.112. The zero-order chi connectivity index (χ0) is 19.6. The Hall–Kier alpha value is -2.49. The van der Waals surface area contributed by atoms with E-state index in [2.05, 4.69) is 4.72 Å². The molecule has 2 aromatic rings. The van der Waals surface area contributed by atoms with E-state index in [1.54, 1.807) is 23.1 Å². The lowest BCUT2D eigenvalue weighted by Gasteiger charge is -2.31. The van der Waals surface area contributed by atoms with Gasteiger partial charge in [0, 0.05) is 26.2 Å². The van der Waals surface area contributed by atoms with Crippen molar-refractivity contribution in [3.63, 3.8) is 0 Å². The monoisotopic (exact) mass is 393 g/mol. The van der Waals surface area contributed by atoms with Crippen molar-refractivity contribution in [2.75, 3.05) is 30.9 Å². The van der Waals surface area contributed by atoms with E-state index in [9.17, 15) is 22.8 Å². The molecule has 0 aliphatic carbocycles. The highest BCUT2D eigenvalue weighted by molar-refractivity contribution is 7.92. The molecular formula is C18H20FN3O4S. The van der Waals surface area contributed by atoms with Gasteiger partial charge in [-0.3, -0.25) is 9.52 Å². The van der Waals surface area contributed by atoms with Crippen molar-refractivity contribution in [2.24, 2.45) is 0 Å². The molecule has 2 N–H and O–H groups in total. The first-order chi connectivity index (χ1) is 12.8. The zero-order valence-electron chi connectivity index (χ0n) is 14.7. The molecule has 3 rings (SSSR count). The maximum atomic E-state index is 13.3. The van der Waals surface area contributed by atoms with Gasteiger partial charge in [-0.2, -0.15) is 5.06 Å². The summed E-state index contributed by atoms with van der Waals surface area (Å²) in [5.41, 5.74) is 0.634. The van der Waals surface area contributed by atoms with Crippen molar-refractivity contribution in [3.05, 3.63) is 59.4 Å². The number of benzene rings is 2. The van der Waals surface area contributed by atoms with Crippen molar-refractivity contribution < 1.29 is 22.8 Å². The average molecular weight is 393 g/mol. The summed E-state index contributed by atoms with van der Waals surface area (Å²) in [7, 11) is -3.99. The Morgan fingerprint density at radius 1 is 1.11 bits per heavy atom. The SMILES string of the molecule is Cc1cc(F)ccc1S(=O)(=O)Nc1ccccc1C(=O)N1CCN(O)CC1. The number of hydrogen-bond donors (Lipinski definition) is 2. The Bertz CT molecular complexity index is 957. The van der Waals surface area contributed by atoms with Gasteiger partial charge in [0.2, 0.25) is 0 Å². The van der Waals surface area contributed by atoms with Gasteiger partial charge < -0.3 is 10.1 Å². The highest BCUT2D eigenvalue weighted by atomic mass is 32.2. The van der Waals surface area contributed by atoms with E-state index in [0.717, 1.165) is 17.2 Å². The van der Waals surface area contributed by atoms with Gasteiger partial charge >= 0.3 is 0 Å². The van der Waals surface area contributed by atoms with Gasteiger partial charge in [-0.15, -0.1) is 0 Å². The number of hydroxylamine groups is 2. The molecular weight excluding hydrogens is 373 g/mol. The molecule has 1 fully saturated rings. The summed E-state index contributed by atoms with van der Waals surface area (Å²) >= 11 is 0. The predicted molar refractivity (Wildman–Crippen MR) is 97.7 cm³/mol. The molecule has 0 unspecified atom stereocenters. The van der Waals surface area contributed by atoms with Crippen LogP contribution in [0.4, 0.5) is 10.1 Å². The number of sulfonamides is 1. The van der Waals surface area contributed by atoms with E-state index in [4.69, 9.17) is 0 Å². The van der Waals surface area contributed by atoms with Crippen LogP contribution in [0.15, 0.2) is 47.4 Å². The summed E-state index contributed by atoms with van der Waals surface area (Å²) in [6, 6.07) is 9.73. The number of aryl methyl sites for hydroxylation is 1. The number of nitrogens with one attached hydrogen (secondary N) is 1. The Balaban J connectivity index is 1.88. The molecule has 1 saturated heterocycles. The quantitative estimate of drug-likeness (QED) is 0.830. The number of amides is 1. The van der Waals surface area contributed by atoms with Gasteiger partial charge in [0.1, 0.15) is 5.82 Å². The number of halogens is 1. The van der Waals surface area contributed by atoms with Crippen LogP contribution in [0.1, 0.15) is 15.9 Å². The number of carbonyl (C=O) groups excluding carboxylic acids is 1. The second-order valence-electron chi connectivity index (χ2n) is 6.31. The molecule has 1 amide bonds. The third-order valence-corrected chi connectivity index (χ3v) is 5.90. The molecule has 0 bridgehead atoms. The molecule has 9 heteroatoms. The Morgan fingerprint density at radius 2 is 1.78 bits per heavy atom. The van der Waals surface area contributed by atoms with Gasteiger partial charge in [0.25, 0.3) is 15.9 Å². The maximum Gasteiger partial charge on any atom is 0.262 e.